The minimum Gasteiger partial charge on any atom is -0.480 e. The SMILES string of the molecule is O=C(NC(Cc1ccc(-n2c(=O)[nH]c3ccc(I)cc3c2=O)cc1)C(=O)O)c1c(Cl)cccc1Cl. The van der Waals surface area contributed by atoms with E-state index in [9.17, 15) is 24.3 Å². The molecule has 178 valence electrons. The number of carbonyl (C=O) groups is 2. The van der Waals surface area contributed by atoms with Gasteiger partial charge in [0.15, 0.2) is 0 Å². The second-order valence-corrected chi connectivity index (χ2v) is 9.65. The Bertz CT molecular complexity index is 1560. The molecule has 0 saturated heterocycles. The molecule has 3 aromatic carbocycles. The van der Waals surface area contributed by atoms with Crippen molar-refractivity contribution in [2.75, 3.05) is 0 Å². The summed E-state index contributed by atoms with van der Waals surface area (Å²) in [4.78, 5) is 52.6. The van der Waals surface area contributed by atoms with Crippen molar-refractivity contribution < 1.29 is 14.7 Å². The molecule has 0 aliphatic heterocycles. The second-order valence-electron chi connectivity index (χ2n) is 7.59. The van der Waals surface area contributed by atoms with Crippen LogP contribution in [0.4, 0.5) is 0 Å². The number of H-pyrrole nitrogens is 1. The molecule has 0 spiro atoms. The van der Waals surface area contributed by atoms with Gasteiger partial charge in [0.2, 0.25) is 0 Å². The lowest BCUT2D eigenvalue weighted by Gasteiger charge is -2.16. The monoisotopic (exact) mass is 623 g/mol. The summed E-state index contributed by atoms with van der Waals surface area (Å²) < 4.78 is 1.86. The molecule has 0 bridgehead atoms. The molecular weight excluding hydrogens is 608 g/mol. The average Bonchev–Trinajstić information content (AvgIpc) is 2.80. The number of hydrogen-bond donors (Lipinski definition) is 3. The number of carbonyl (C=O) groups excluding carboxylic acids is 1. The normalized spacial score (nSPS) is 11.9. The summed E-state index contributed by atoms with van der Waals surface area (Å²) in [6.07, 6.45) is -0.0510. The van der Waals surface area contributed by atoms with E-state index in [2.05, 4.69) is 32.9 Å². The molecule has 0 saturated carbocycles. The number of carboxylic acid groups (broad SMARTS) is 1. The maximum atomic E-state index is 13.0. The van der Waals surface area contributed by atoms with Crippen LogP contribution >= 0.6 is 45.8 Å². The van der Waals surface area contributed by atoms with E-state index in [-0.39, 0.29) is 22.0 Å². The van der Waals surface area contributed by atoms with Crippen molar-refractivity contribution in [2.45, 2.75) is 12.5 Å². The first-order chi connectivity index (χ1) is 16.7. The molecule has 3 N–H and O–H groups in total. The topological polar surface area (TPSA) is 121 Å². The maximum Gasteiger partial charge on any atom is 0.333 e. The lowest BCUT2D eigenvalue weighted by Crippen LogP contribution is -2.42. The van der Waals surface area contributed by atoms with Crippen molar-refractivity contribution in [2.24, 2.45) is 0 Å². The van der Waals surface area contributed by atoms with E-state index in [1.54, 1.807) is 36.4 Å². The van der Waals surface area contributed by atoms with E-state index in [0.29, 0.717) is 22.2 Å². The molecule has 0 aliphatic rings. The van der Waals surface area contributed by atoms with Crippen LogP contribution in [0.25, 0.3) is 16.6 Å². The minimum atomic E-state index is -1.27. The summed E-state index contributed by atoms with van der Waals surface area (Å²) in [6, 6.07) is 14.7. The highest BCUT2D eigenvalue weighted by Crippen LogP contribution is 2.24. The summed E-state index contributed by atoms with van der Waals surface area (Å²) >= 11 is 14.2. The van der Waals surface area contributed by atoms with Gasteiger partial charge >= 0.3 is 11.7 Å². The highest BCUT2D eigenvalue weighted by atomic mass is 127. The van der Waals surface area contributed by atoms with Crippen molar-refractivity contribution >= 4 is 68.6 Å². The number of aliphatic carboxylic acids is 1. The fourth-order valence-corrected chi connectivity index (χ4v) is 4.64. The molecule has 11 heteroatoms. The second kappa shape index (κ2) is 10.2. The number of aromatic nitrogens is 2. The Kier molecular flexibility index (Phi) is 7.29. The molecule has 4 aromatic rings. The zero-order valence-electron chi connectivity index (χ0n) is 17.7. The largest absolute Gasteiger partial charge is 0.480 e. The number of carboxylic acids is 1. The predicted molar refractivity (Wildman–Crippen MR) is 142 cm³/mol. The van der Waals surface area contributed by atoms with E-state index in [1.807, 2.05) is 0 Å². The third-order valence-electron chi connectivity index (χ3n) is 5.29. The Morgan fingerprint density at radius 2 is 1.69 bits per heavy atom. The molecule has 1 amide bonds. The summed E-state index contributed by atoms with van der Waals surface area (Å²) in [6.45, 7) is 0. The Hall–Kier alpha value is -3.15. The summed E-state index contributed by atoms with van der Waals surface area (Å²) in [5, 5.41) is 12.6. The molecule has 0 fully saturated rings. The van der Waals surface area contributed by atoms with Crippen LogP contribution in [0.1, 0.15) is 15.9 Å². The lowest BCUT2D eigenvalue weighted by molar-refractivity contribution is -0.139. The van der Waals surface area contributed by atoms with Crippen LogP contribution in [0, 0.1) is 3.57 Å². The third kappa shape index (κ3) is 5.26. The van der Waals surface area contributed by atoms with Crippen LogP contribution in [0.5, 0.6) is 0 Å². The number of fused-ring (bicyclic) bond motifs is 1. The Morgan fingerprint density at radius 3 is 2.31 bits per heavy atom. The Morgan fingerprint density at radius 1 is 1.03 bits per heavy atom. The van der Waals surface area contributed by atoms with Crippen LogP contribution in [0.15, 0.2) is 70.3 Å². The predicted octanol–water partition coefficient (Wildman–Crippen LogP) is 4.02. The van der Waals surface area contributed by atoms with Gasteiger partial charge in [0.25, 0.3) is 11.5 Å². The lowest BCUT2D eigenvalue weighted by atomic mass is 10.0. The molecule has 4 rings (SSSR count). The molecule has 1 heterocycles. The zero-order valence-corrected chi connectivity index (χ0v) is 21.4. The van der Waals surface area contributed by atoms with Crippen LogP contribution in [-0.2, 0) is 11.2 Å². The number of benzene rings is 3. The van der Waals surface area contributed by atoms with E-state index < -0.39 is 29.2 Å². The molecule has 0 radical (unpaired) electrons. The molecule has 8 nitrogen and oxygen atoms in total. The van der Waals surface area contributed by atoms with Gasteiger partial charge in [-0.1, -0.05) is 41.4 Å². The van der Waals surface area contributed by atoms with Gasteiger partial charge in [0, 0.05) is 9.99 Å². The smallest absolute Gasteiger partial charge is 0.333 e. The Balaban J connectivity index is 1.60. The van der Waals surface area contributed by atoms with Crippen molar-refractivity contribution in [1.29, 1.82) is 0 Å². The molecule has 35 heavy (non-hydrogen) atoms. The van der Waals surface area contributed by atoms with Gasteiger partial charge in [-0.3, -0.25) is 9.59 Å². The van der Waals surface area contributed by atoms with E-state index in [4.69, 9.17) is 23.2 Å². The van der Waals surface area contributed by atoms with E-state index in [0.717, 1.165) is 8.14 Å². The quantitative estimate of drug-likeness (QED) is 0.280. The van der Waals surface area contributed by atoms with Gasteiger partial charge in [-0.2, -0.15) is 0 Å². The first-order valence-electron chi connectivity index (χ1n) is 10.2. The zero-order chi connectivity index (χ0) is 25.3. The van der Waals surface area contributed by atoms with Crippen molar-refractivity contribution in [3.63, 3.8) is 0 Å². The van der Waals surface area contributed by atoms with Crippen LogP contribution in [-0.4, -0.2) is 32.6 Å². The molecule has 0 aliphatic carbocycles. The van der Waals surface area contributed by atoms with Gasteiger partial charge in [-0.25, -0.2) is 14.2 Å². The number of nitrogens with one attached hydrogen (secondary N) is 2. The number of aromatic amines is 1. The first kappa shape index (κ1) is 25.0. The highest BCUT2D eigenvalue weighted by molar-refractivity contribution is 14.1. The molecular formula is C24H16Cl2IN3O5. The van der Waals surface area contributed by atoms with Crippen molar-refractivity contribution in [3.8, 4) is 5.69 Å². The fraction of sp³-hybridized carbons (Fsp3) is 0.0833. The molecule has 1 atom stereocenters. The third-order valence-corrected chi connectivity index (χ3v) is 6.59. The maximum absolute atomic E-state index is 13.0. The van der Waals surface area contributed by atoms with Crippen molar-refractivity contribution in [3.05, 3.63) is 106 Å². The number of hydrogen-bond acceptors (Lipinski definition) is 4. The van der Waals surface area contributed by atoms with Gasteiger partial charge in [-0.05, 0) is 70.6 Å². The van der Waals surface area contributed by atoms with Crippen LogP contribution in [0.2, 0.25) is 10.0 Å². The summed E-state index contributed by atoms with van der Waals surface area (Å²) in [5.74, 6) is -1.96. The average molecular weight is 624 g/mol. The van der Waals surface area contributed by atoms with Gasteiger partial charge in [-0.15, -0.1) is 0 Å². The van der Waals surface area contributed by atoms with Crippen LogP contribution < -0.4 is 16.6 Å². The minimum absolute atomic E-state index is 0.0120. The van der Waals surface area contributed by atoms with E-state index in [1.165, 1.54) is 24.3 Å². The standard InChI is InChI=1S/C24H16Cl2IN3O5/c25-16-2-1-3-17(26)20(16)21(31)28-19(23(33)34)10-12-4-7-14(8-5-12)30-22(32)15-11-13(27)6-9-18(15)29-24(30)35/h1-9,11,19H,10H2,(H,28,31)(H,29,35)(H,33,34). The highest BCUT2D eigenvalue weighted by Gasteiger charge is 2.24. The van der Waals surface area contributed by atoms with Crippen LogP contribution in [0.3, 0.4) is 0 Å². The summed E-state index contributed by atoms with van der Waals surface area (Å²) in [7, 11) is 0. The van der Waals surface area contributed by atoms with Crippen molar-refractivity contribution in [1.82, 2.24) is 14.9 Å². The molecule has 1 unspecified atom stereocenters. The number of rotatable bonds is 6. The number of halogens is 3. The molecule has 1 aromatic heterocycles. The number of nitrogens with zero attached hydrogens (tertiary/aromatic N) is 1. The Labute approximate surface area is 221 Å². The van der Waals surface area contributed by atoms with Gasteiger partial charge < -0.3 is 15.4 Å². The first-order valence-corrected chi connectivity index (χ1v) is 12.0. The van der Waals surface area contributed by atoms with Gasteiger partial charge in [0.1, 0.15) is 6.04 Å². The fourth-order valence-electron chi connectivity index (χ4n) is 3.58. The number of amides is 1. The van der Waals surface area contributed by atoms with Gasteiger partial charge in [0.05, 0.1) is 32.2 Å². The van der Waals surface area contributed by atoms with E-state index >= 15 is 0 Å². The summed E-state index contributed by atoms with van der Waals surface area (Å²) in [5.41, 5.74) is 0.242.